The molecule has 0 saturated carbocycles. The van der Waals surface area contributed by atoms with E-state index in [9.17, 15) is 0 Å². The van der Waals surface area contributed by atoms with E-state index >= 15 is 0 Å². The minimum absolute atomic E-state index is 0.878. The molecule has 0 fully saturated rings. The molecule has 0 amide bonds. The second kappa shape index (κ2) is 7.42. The number of nitrogens with one attached hydrogen (secondary N) is 1. The van der Waals surface area contributed by atoms with Crippen molar-refractivity contribution in [3.05, 3.63) is 65.5 Å². The minimum Gasteiger partial charge on any atom is -0.323 e. The molecular formula is C20H25N3. The summed E-state index contributed by atoms with van der Waals surface area (Å²) in [5.74, 6) is 1.16. The van der Waals surface area contributed by atoms with E-state index in [1.165, 1.54) is 23.1 Å². The van der Waals surface area contributed by atoms with Crippen molar-refractivity contribution in [2.75, 3.05) is 13.1 Å². The zero-order chi connectivity index (χ0) is 16.1. The lowest BCUT2D eigenvalue weighted by Crippen LogP contribution is -2.19. The fraction of sp³-hybridized carbons (Fsp3) is 0.350. The highest BCUT2D eigenvalue weighted by molar-refractivity contribution is 5.77. The predicted octanol–water partition coefficient (Wildman–Crippen LogP) is 3.94. The van der Waals surface area contributed by atoms with Crippen molar-refractivity contribution in [1.82, 2.24) is 14.9 Å². The summed E-state index contributed by atoms with van der Waals surface area (Å²) < 4.78 is 2.36. The molecule has 23 heavy (non-hydrogen) atoms. The fourth-order valence-corrected chi connectivity index (χ4v) is 2.92. The first-order valence-electron chi connectivity index (χ1n) is 8.48. The van der Waals surface area contributed by atoms with E-state index in [1.54, 1.807) is 0 Å². The molecule has 0 atom stereocenters. The highest BCUT2D eigenvalue weighted by Crippen LogP contribution is 2.20. The molecule has 0 aliphatic carbocycles. The van der Waals surface area contributed by atoms with Gasteiger partial charge in [0.2, 0.25) is 0 Å². The van der Waals surface area contributed by atoms with Crippen LogP contribution in [0.15, 0.2) is 48.5 Å². The van der Waals surface area contributed by atoms with E-state index in [-0.39, 0.29) is 0 Å². The molecule has 1 N–H and O–H groups in total. The van der Waals surface area contributed by atoms with Gasteiger partial charge in [-0.3, -0.25) is 0 Å². The van der Waals surface area contributed by atoms with Gasteiger partial charge in [-0.05, 0) is 43.1 Å². The topological polar surface area (TPSA) is 29.9 Å². The second-order valence-corrected chi connectivity index (χ2v) is 6.09. The van der Waals surface area contributed by atoms with Crippen LogP contribution in [0.4, 0.5) is 0 Å². The molecule has 3 heteroatoms. The maximum atomic E-state index is 4.89. The summed E-state index contributed by atoms with van der Waals surface area (Å²) in [6, 6.07) is 17.2. The first-order chi connectivity index (χ1) is 11.3. The maximum absolute atomic E-state index is 4.89. The van der Waals surface area contributed by atoms with Gasteiger partial charge >= 0.3 is 0 Å². The molecule has 1 heterocycles. The van der Waals surface area contributed by atoms with Gasteiger partial charge < -0.3 is 9.88 Å². The van der Waals surface area contributed by atoms with E-state index in [0.717, 1.165) is 37.4 Å². The average Bonchev–Trinajstić information content (AvgIpc) is 2.89. The Bertz CT molecular complexity index is 759. The lowest BCUT2D eigenvalue weighted by Gasteiger charge is -2.10. The lowest BCUT2D eigenvalue weighted by atomic mass is 10.2. The number of hydrogen-bond acceptors (Lipinski definition) is 2. The zero-order valence-corrected chi connectivity index (χ0v) is 14.0. The summed E-state index contributed by atoms with van der Waals surface area (Å²) in [4.78, 5) is 4.89. The Kier molecular flexibility index (Phi) is 5.09. The van der Waals surface area contributed by atoms with Crippen molar-refractivity contribution >= 4 is 11.0 Å². The monoisotopic (exact) mass is 307 g/mol. The fourth-order valence-electron chi connectivity index (χ4n) is 2.92. The van der Waals surface area contributed by atoms with Gasteiger partial charge in [-0.1, -0.05) is 43.3 Å². The van der Waals surface area contributed by atoms with Crippen molar-refractivity contribution in [2.24, 2.45) is 0 Å². The molecule has 0 spiro atoms. The Hall–Kier alpha value is -2.13. The molecule has 120 valence electrons. The van der Waals surface area contributed by atoms with Gasteiger partial charge in [-0.15, -0.1) is 0 Å². The molecule has 1 aromatic heterocycles. The van der Waals surface area contributed by atoms with Gasteiger partial charge in [0.15, 0.2) is 0 Å². The molecule has 0 aliphatic heterocycles. The lowest BCUT2D eigenvalue weighted by molar-refractivity contribution is 0.639. The van der Waals surface area contributed by atoms with E-state index in [1.807, 2.05) is 0 Å². The molecule has 0 bridgehead atoms. The summed E-state index contributed by atoms with van der Waals surface area (Å²) in [5.41, 5.74) is 4.91. The molecule has 0 aliphatic rings. The van der Waals surface area contributed by atoms with Crippen LogP contribution in [0.5, 0.6) is 0 Å². The van der Waals surface area contributed by atoms with Gasteiger partial charge in [-0.25, -0.2) is 4.98 Å². The predicted molar refractivity (Wildman–Crippen MR) is 96.9 cm³/mol. The Balaban J connectivity index is 1.91. The van der Waals surface area contributed by atoms with Crippen molar-refractivity contribution in [3.63, 3.8) is 0 Å². The SMILES string of the molecule is CCCNCCc1nc2cc(C)ccc2n1Cc1ccccc1. The van der Waals surface area contributed by atoms with Gasteiger partial charge in [0.05, 0.1) is 11.0 Å². The second-order valence-electron chi connectivity index (χ2n) is 6.09. The normalized spacial score (nSPS) is 11.2. The summed E-state index contributed by atoms with van der Waals surface area (Å²) in [6.07, 6.45) is 2.13. The van der Waals surface area contributed by atoms with E-state index in [2.05, 4.69) is 72.3 Å². The van der Waals surface area contributed by atoms with Gasteiger partial charge in [-0.2, -0.15) is 0 Å². The Morgan fingerprint density at radius 1 is 1.04 bits per heavy atom. The van der Waals surface area contributed by atoms with Crippen molar-refractivity contribution in [3.8, 4) is 0 Å². The van der Waals surface area contributed by atoms with Crippen LogP contribution in [0.25, 0.3) is 11.0 Å². The Morgan fingerprint density at radius 2 is 1.87 bits per heavy atom. The minimum atomic E-state index is 0.878. The molecular weight excluding hydrogens is 282 g/mol. The largest absolute Gasteiger partial charge is 0.323 e. The van der Waals surface area contributed by atoms with Gasteiger partial charge in [0.1, 0.15) is 5.82 Å². The van der Waals surface area contributed by atoms with Crippen LogP contribution in [0.3, 0.4) is 0 Å². The summed E-state index contributed by atoms with van der Waals surface area (Å²) >= 11 is 0. The molecule has 0 radical (unpaired) electrons. The third kappa shape index (κ3) is 3.80. The van der Waals surface area contributed by atoms with Gasteiger partial charge in [0.25, 0.3) is 0 Å². The Morgan fingerprint density at radius 3 is 2.65 bits per heavy atom. The number of aromatic nitrogens is 2. The highest BCUT2D eigenvalue weighted by atomic mass is 15.1. The number of benzene rings is 2. The molecule has 3 rings (SSSR count). The molecule has 0 saturated heterocycles. The van der Waals surface area contributed by atoms with Gasteiger partial charge in [0, 0.05) is 19.5 Å². The number of fused-ring (bicyclic) bond motifs is 1. The maximum Gasteiger partial charge on any atom is 0.111 e. The number of nitrogens with zero attached hydrogens (tertiary/aromatic N) is 2. The molecule has 3 aromatic rings. The van der Waals surface area contributed by atoms with E-state index < -0.39 is 0 Å². The smallest absolute Gasteiger partial charge is 0.111 e. The third-order valence-electron chi connectivity index (χ3n) is 4.12. The number of aryl methyl sites for hydroxylation is 1. The van der Waals surface area contributed by atoms with Crippen LogP contribution in [-0.4, -0.2) is 22.6 Å². The zero-order valence-electron chi connectivity index (χ0n) is 14.0. The van der Waals surface area contributed by atoms with Crippen LogP contribution in [0, 0.1) is 6.92 Å². The van der Waals surface area contributed by atoms with Crippen molar-refractivity contribution in [1.29, 1.82) is 0 Å². The molecule has 2 aromatic carbocycles. The van der Waals surface area contributed by atoms with E-state index in [0.29, 0.717) is 0 Å². The first kappa shape index (κ1) is 15.8. The number of hydrogen-bond donors (Lipinski definition) is 1. The van der Waals surface area contributed by atoms with E-state index in [4.69, 9.17) is 4.98 Å². The molecule has 3 nitrogen and oxygen atoms in total. The third-order valence-corrected chi connectivity index (χ3v) is 4.12. The Labute approximate surface area is 138 Å². The van der Waals surface area contributed by atoms with Crippen molar-refractivity contribution in [2.45, 2.75) is 33.2 Å². The van der Waals surface area contributed by atoms with Crippen LogP contribution in [0.2, 0.25) is 0 Å². The average molecular weight is 307 g/mol. The first-order valence-corrected chi connectivity index (χ1v) is 8.48. The number of imidazole rings is 1. The summed E-state index contributed by atoms with van der Waals surface area (Å²) in [5, 5.41) is 3.48. The van der Waals surface area contributed by atoms with Crippen LogP contribution in [0.1, 0.15) is 30.3 Å². The van der Waals surface area contributed by atoms with Crippen LogP contribution in [-0.2, 0) is 13.0 Å². The standard InChI is InChI=1S/C20H25N3/c1-3-12-21-13-11-20-22-18-14-16(2)9-10-19(18)23(20)15-17-7-5-4-6-8-17/h4-10,14,21H,3,11-13,15H2,1-2H3. The van der Waals surface area contributed by atoms with Crippen molar-refractivity contribution < 1.29 is 0 Å². The highest BCUT2D eigenvalue weighted by Gasteiger charge is 2.11. The summed E-state index contributed by atoms with van der Waals surface area (Å²) in [7, 11) is 0. The van der Waals surface area contributed by atoms with Crippen LogP contribution < -0.4 is 5.32 Å². The van der Waals surface area contributed by atoms with Crippen LogP contribution >= 0.6 is 0 Å². The number of rotatable bonds is 7. The molecule has 0 unspecified atom stereocenters. The summed E-state index contributed by atoms with van der Waals surface area (Å²) in [6.45, 7) is 7.24. The quantitative estimate of drug-likeness (QED) is 0.670.